The van der Waals surface area contributed by atoms with Crippen molar-refractivity contribution in [3.63, 3.8) is 0 Å². The van der Waals surface area contributed by atoms with Crippen LogP contribution in [0.15, 0.2) is 30.3 Å². The maximum absolute atomic E-state index is 6.13. The molecule has 0 radical (unpaired) electrons. The zero-order chi connectivity index (χ0) is 15.4. The molecule has 23 heavy (non-hydrogen) atoms. The maximum atomic E-state index is 6.13. The number of anilines is 2. The van der Waals surface area contributed by atoms with Crippen LogP contribution in [0.1, 0.15) is 24.5 Å². The van der Waals surface area contributed by atoms with E-state index in [1.807, 2.05) is 18.2 Å². The molecule has 1 aliphatic rings. The Morgan fingerprint density at radius 3 is 2.96 bits per heavy atom. The van der Waals surface area contributed by atoms with Gasteiger partial charge in [-0.05, 0) is 30.5 Å². The molecule has 0 unspecified atom stereocenters. The Bertz CT molecular complexity index is 1030. The van der Waals surface area contributed by atoms with Crippen LogP contribution < -0.4 is 5.32 Å². The van der Waals surface area contributed by atoms with E-state index in [9.17, 15) is 0 Å². The summed E-state index contributed by atoms with van der Waals surface area (Å²) >= 11 is 7.78. The zero-order valence-electron chi connectivity index (χ0n) is 12.0. The SMILES string of the molecule is Clc1nc(Nc2cc(C3CC3)[nH]n2)c2sc3ccccc3c2n1. The summed E-state index contributed by atoms with van der Waals surface area (Å²) < 4.78 is 2.16. The van der Waals surface area contributed by atoms with E-state index in [0.29, 0.717) is 11.7 Å². The van der Waals surface area contributed by atoms with Gasteiger partial charge in [0.15, 0.2) is 11.6 Å². The van der Waals surface area contributed by atoms with Crippen molar-refractivity contribution in [2.75, 3.05) is 5.32 Å². The van der Waals surface area contributed by atoms with Crippen molar-refractivity contribution in [3.8, 4) is 0 Å². The predicted octanol–water partition coefficient (Wildman–Crippen LogP) is 4.84. The van der Waals surface area contributed by atoms with Gasteiger partial charge in [0.25, 0.3) is 0 Å². The molecule has 1 fully saturated rings. The Morgan fingerprint density at radius 1 is 1.22 bits per heavy atom. The van der Waals surface area contributed by atoms with Crippen LogP contribution in [0.4, 0.5) is 11.6 Å². The first-order chi connectivity index (χ1) is 11.3. The number of fused-ring (bicyclic) bond motifs is 3. The number of halogens is 1. The van der Waals surface area contributed by atoms with E-state index in [1.54, 1.807) is 11.3 Å². The first-order valence-electron chi connectivity index (χ1n) is 7.45. The van der Waals surface area contributed by atoms with E-state index >= 15 is 0 Å². The van der Waals surface area contributed by atoms with Gasteiger partial charge in [-0.15, -0.1) is 11.3 Å². The largest absolute Gasteiger partial charge is 0.322 e. The first-order valence-corrected chi connectivity index (χ1v) is 8.64. The van der Waals surface area contributed by atoms with Crippen molar-refractivity contribution in [2.45, 2.75) is 18.8 Å². The lowest BCUT2D eigenvalue weighted by molar-refractivity contribution is 0.966. The highest BCUT2D eigenvalue weighted by Crippen LogP contribution is 2.41. The van der Waals surface area contributed by atoms with Gasteiger partial charge < -0.3 is 5.32 Å². The number of aromatic nitrogens is 4. The quantitative estimate of drug-likeness (QED) is 0.523. The first kappa shape index (κ1) is 13.3. The highest BCUT2D eigenvalue weighted by Gasteiger charge is 2.25. The Labute approximate surface area is 140 Å². The lowest BCUT2D eigenvalue weighted by atomic mass is 10.2. The average molecular weight is 342 g/mol. The highest BCUT2D eigenvalue weighted by atomic mass is 35.5. The van der Waals surface area contributed by atoms with Gasteiger partial charge in [0.1, 0.15) is 0 Å². The van der Waals surface area contributed by atoms with Crippen LogP contribution in [-0.2, 0) is 0 Å². The van der Waals surface area contributed by atoms with Crippen molar-refractivity contribution in [3.05, 3.63) is 41.3 Å². The second-order valence-electron chi connectivity index (χ2n) is 5.72. The van der Waals surface area contributed by atoms with Crippen LogP contribution in [0.3, 0.4) is 0 Å². The van der Waals surface area contributed by atoms with Gasteiger partial charge in [-0.1, -0.05) is 18.2 Å². The molecule has 114 valence electrons. The average Bonchev–Trinajstić information content (AvgIpc) is 3.19. The molecule has 5 nitrogen and oxygen atoms in total. The number of nitrogens with zero attached hydrogens (tertiary/aromatic N) is 3. The van der Waals surface area contributed by atoms with Gasteiger partial charge in [-0.3, -0.25) is 5.10 Å². The summed E-state index contributed by atoms with van der Waals surface area (Å²) in [5.74, 6) is 2.10. The molecule has 5 rings (SSSR count). The molecular formula is C16H12ClN5S. The summed E-state index contributed by atoms with van der Waals surface area (Å²) in [6, 6.07) is 10.2. The maximum Gasteiger partial charge on any atom is 0.225 e. The van der Waals surface area contributed by atoms with Crippen LogP contribution >= 0.6 is 22.9 Å². The smallest absolute Gasteiger partial charge is 0.225 e. The second-order valence-corrected chi connectivity index (χ2v) is 7.12. The van der Waals surface area contributed by atoms with Crippen molar-refractivity contribution >= 4 is 54.9 Å². The Kier molecular flexibility index (Phi) is 2.83. The minimum atomic E-state index is 0.238. The molecule has 0 atom stereocenters. The van der Waals surface area contributed by atoms with Crippen LogP contribution in [0, 0.1) is 0 Å². The molecular weight excluding hydrogens is 330 g/mol. The van der Waals surface area contributed by atoms with E-state index in [0.717, 1.165) is 21.4 Å². The molecule has 1 aliphatic carbocycles. The van der Waals surface area contributed by atoms with Gasteiger partial charge in [-0.25, -0.2) is 4.98 Å². The fraction of sp³-hybridized carbons (Fsp3) is 0.188. The van der Waals surface area contributed by atoms with Gasteiger partial charge >= 0.3 is 0 Å². The number of hydrogen-bond donors (Lipinski definition) is 2. The molecule has 1 saturated carbocycles. The van der Waals surface area contributed by atoms with Gasteiger partial charge in [0.2, 0.25) is 5.28 Å². The second kappa shape index (κ2) is 4.91. The van der Waals surface area contributed by atoms with E-state index in [4.69, 9.17) is 11.6 Å². The lowest BCUT2D eigenvalue weighted by Crippen LogP contribution is -1.96. The minimum absolute atomic E-state index is 0.238. The molecule has 0 bridgehead atoms. The fourth-order valence-electron chi connectivity index (χ4n) is 2.77. The van der Waals surface area contributed by atoms with Gasteiger partial charge in [0, 0.05) is 27.8 Å². The normalized spacial score (nSPS) is 14.7. The van der Waals surface area contributed by atoms with E-state index < -0.39 is 0 Å². The Hall–Kier alpha value is -2.18. The standard InChI is InChI=1S/C16H12ClN5S/c17-16-19-13-9-3-1-2-4-11(9)23-14(13)15(20-16)18-12-7-10(21-22-12)8-5-6-8/h1-4,7-8H,5-6H2,(H2,18,19,20,21,22). The minimum Gasteiger partial charge on any atom is -0.322 e. The summed E-state index contributed by atoms with van der Waals surface area (Å²) in [6.45, 7) is 0. The molecule has 3 heterocycles. The van der Waals surface area contributed by atoms with Crippen LogP contribution in [-0.4, -0.2) is 20.2 Å². The predicted molar refractivity (Wildman–Crippen MR) is 93.8 cm³/mol. The number of H-pyrrole nitrogens is 1. The Balaban J connectivity index is 1.64. The topological polar surface area (TPSA) is 66.5 Å². The molecule has 4 aromatic rings. The molecule has 0 saturated heterocycles. The third-order valence-electron chi connectivity index (χ3n) is 4.05. The molecule has 7 heteroatoms. The number of benzene rings is 1. The fourth-order valence-corrected chi connectivity index (χ4v) is 4.03. The molecule has 3 aromatic heterocycles. The van der Waals surface area contributed by atoms with E-state index in [1.165, 1.54) is 23.2 Å². The number of rotatable bonds is 3. The summed E-state index contributed by atoms with van der Waals surface area (Å²) in [6.07, 6.45) is 2.48. The number of hydrogen-bond acceptors (Lipinski definition) is 5. The molecule has 0 spiro atoms. The Morgan fingerprint density at radius 2 is 2.09 bits per heavy atom. The van der Waals surface area contributed by atoms with Crippen molar-refractivity contribution in [2.24, 2.45) is 0 Å². The van der Waals surface area contributed by atoms with E-state index in [2.05, 4.69) is 37.6 Å². The van der Waals surface area contributed by atoms with Crippen molar-refractivity contribution < 1.29 is 0 Å². The third-order valence-corrected chi connectivity index (χ3v) is 5.39. The summed E-state index contributed by atoms with van der Waals surface area (Å²) in [5, 5.41) is 12.0. The third kappa shape index (κ3) is 2.26. The van der Waals surface area contributed by atoms with E-state index in [-0.39, 0.29) is 5.28 Å². The molecule has 0 amide bonds. The number of thiophene rings is 1. The highest BCUT2D eigenvalue weighted by molar-refractivity contribution is 7.26. The molecule has 0 aliphatic heterocycles. The summed E-state index contributed by atoms with van der Waals surface area (Å²) in [4.78, 5) is 8.77. The zero-order valence-corrected chi connectivity index (χ0v) is 13.6. The van der Waals surface area contributed by atoms with Gasteiger partial charge in [0.05, 0.1) is 10.2 Å². The number of aromatic amines is 1. The summed E-state index contributed by atoms with van der Waals surface area (Å²) in [5.41, 5.74) is 2.06. The van der Waals surface area contributed by atoms with Crippen molar-refractivity contribution in [1.82, 2.24) is 20.2 Å². The number of nitrogens with one attached hydrogen (secondary N) is 2. The summed E-state index contributed by atoms with van der Waals surface area (Å²) in [7, 11) is 0. The molecule has 2 N–H and O–H groups in total. The monoisotopic (exact) mass is 341 g/mol. The van der Waals surface area contributed by atoms with Crippen LogP contribution in [0.2, 0.25) is 5.28 Å². The van der Waals surface area contributed by atoms with Gasteiger partial charge in [-0.2, -0.15) is 10.1 Å². The van der Waals surface area contributed by atoms with Crippen molar-refractivity contribution in [1.29, 1.82) is 0 Å². The molecule has 1 aromatic carbocycles. The van der Waals surface area contributed by atoms with Crippen LogP contribution in [0.25, 0.3) is 20.3 Å². The lowest BCUT2D eigenvalue weighted by Gasteiger charge is -2.03. The van der Waals surface area contributed by atoms with Crippen LogP contribution in [0.5, 0.6) is 0 Å².